The first-order valence-corrected chi connectivity index (χ1v) is 4.36. The minimum absolute atomic E-state index is 0.466. The van der Waals surface area contributed by atoms with Crippen LogP contribution in [0, 0.1) is 0 Å². The van der Waals surface area contributed by atoms with Gasteiger partial charge in [-0.05, 0) is 6.42 Å². The SMILES string of the molecule is O[C@@H]1CCC[N+]2=C1[C@H](O)[C@H](O)C2. The zero-order valence-electron chi connectivity index (χ0n) is 6.85. The van der Waals surface area contributed by atoms with E-state index in [0.29, 0.717) is 18.7 Å². The van der Waals surface area contributed by atoms with E-state index in [9.17, 15) is 15.3 Å². The number of aliphatic hydroxyl groups excluding tert-OH is 3. The molecule has 0 saturated heterocycles. The van der Waals surface area contributed by atoms with Crippen LogP contribution in [0.1, 0.15) is 12.8 Å². The van der Waals surface area contributed by atoms with Crippen LogP contribution >= 0.6 is 0 Å². The van der Waals surface area contributed by atoms with Gasteiger partial charge in [0.1, 0.15) is 18.8 Å². The second-order valence-electron chi connectivity index (χ2n) is 3.54. The lowest BCUT2D eigenvalue weighted by Crippen LogP contribution is -2.40. The summed E-state index contributed by atoms with van der Waals surface area (Å²) in [5, 5.41) is 28.3. The maximum absolute atomic E-state index is 9.52. The molecule has 12 heavy (non-hydrogen) atoms. The van der Waals surface area contributed by atoms with Crippen LogP contribution in [0.15, 0.2) is 0 Å². The molecule has 0 aromatic carbocycles. The van der Waals surface area contributed by atoms with Crippen molar-refractivity contribution in [1.29, 1.82) is 0 Å². The highest BCUT2D eigenvalue weighted by Gasteiger charge is 2.44. The van der Waals surface area contributed by atoms with Crippen LogP contribution in [0.25, 0.3) is 0 Å². The molecule has 2 rings (SSSR count). The van der Waals surface area contributed by atoms with Crippen LogP contribution in [0.5, 0.6) is 0 Å². The van der Waals surface area contributed by atoms with Crippen molar-refractivity contribution < 1.29 is 19.9 Å². The molecular formula is C8H14NO3+. The first kappa shape index (κ1) is 8.16. The van der Waals surface area contributed by atoms with Gasteiger partial charge in [-0.15, -0.1) is 0 Å². The lowest BCUT2D eigenvalue weighted by atomic mass is 10.0. The van der Waals surface area contributed by atoms with E-state index in [1.807, 2.05) is 4.58 Å². The van der Waals surface area contributed by atoms with Crippen molar-refractivity contribution in [2.45, 2.75) is 31.2 Å². The predicted molar refractivity (Wildman–Crippen MR) is 42.3 cm³/mol. The van der Waals surface area contributed by atoms with Crippen LogP contribution in [-0.4, -0.2) is 57.0 Å². The van der Waals surface area contributed by atoms with Gasteiger partial charge in [-0.2, -0.15) is 0 Å². The van der Waals surface area contributed by atoms with Gasteiger partial charge >= 0.3 is 0 Å². The largest absolute Gasteiger partial charge is 0.383 e. The van der Waals surface area contributed by atoms with Gasteiger partial charge < -0.3 is 15.3 Å². The number of hydrogen-bond donors (Lipinski definition) is 3. The second-order valence-corrected chi connectivity index (χ2v) is 3.54. The molecule has 3 atom stereocenters. The van der Waals surface area contributed by atoms with Gasteiger partial charge in [-0.3, -0.25) is 0 Å². The summed E-state index contributed by atoms with van der Waals surface area (Å²) >= 11 is 0. The third-order valence-electron chi connectivity index (χ3n) is 2.69. The Hall–Kier alpha value is -0.450. The Bertz CT molecular complexity index is 226. The van der Waals surface area contributed by atoms with E-state index in [1.54, 1.807) is 0 Å². The molecule has 0 unspecified atom stereocenters. The molecule has 2 aliphatic heterocycles. The molecule has 2 heterocycles. The van der Waals surface area contributed by atoms with Crippen molar-refractivity contribution in [2.75, 3.05) is 13.1 Å². The van der Waals surface area contributed by atoms with Crippen molar-refractivity contribution in [1.82, 2.24) is 0 Å². The maximum Gasteiger partial charge on any atom is 0.213 e. The molecule has 0 amide bonds. The standard InChI is InChI=1S/C8H14NO3/c10-5-2-1-3-9-4-6(11)8(12)7(5)9/h5-6,8,10-12H,1-4H2/q+1/t5-,6-,8-/m1/s1. The molecular weight excluding hydrogens is 158 g/mol. The van der Waals surface area contributed by atoms with Crippen LogP contribution in [0.3, 0.4) is 0 Å². The van der Waals surface area contributed by atoms with Gasteiger partial charge in [0.25, 0.3) is 0 Å². The van der Waals surface area contributed by atoms with E-state index in [0.717, 1.165) is 13.0 Å². The van der Waals surface area contributed by atoms with Crippen molar-refractivity contribution in [3.8, 4) is 0 Å². The smallest absolute Gasteiger partial charge is 0.213 e. The molecule has 0 bridgehead atoms. The molecule has 0 aromatic heterocycles. The van der Waals surface area contributed by atoms with Gasteiger partial charge in [-0.25, -0.2) is 4.58 Å². The molecule has 0 aliphatic carbocycles. The van der Waals surface area contributed by atoms with E-state index < -0.39 is 18.3 Å². The van der Waals surface area contributed by atoms with Gasteiger partial charge in [0.2, 0.25) is 5.71 Å². The van der Waals surface area contributed by atoms with Crippen molar-refractivity contribution in [3.63, 3.8) is 0 Å². The summed E-state index contributed by atoms with van der Waals surface area (Å²) in [5.74, 6) is 0. The summed E-state index contributed by atoms with van der Waals surface area (Å²) in [6, 6.07) is 0. The molecule has 0 spiro atoms. The second kappa shape index (κ2) is 2.80. The fourth-order valence-corrected chi connectivity index (χ4v) is 2.07. The van der Waals surface area contributed by atoms with Crippen LogP contribution < -0.4 is 0 Å². The zero-order valence-corrected chi connectivity index (χ0v) is 6.85. The van der Waals surface area contributed by atoms with Crippen LogP contribution in [0.2, 0.25) is 0 Å². The zero-order chi connectivity index (χ0) is 8.72. The Morgan fingerprint density at radius 2 is 2.00 bits per heavy atom. The molecule has 4 nitrogen and oxygen atoms in total. The summed E-state index contributed by atoms with van der Waals surface area (Å²) in [6.07, 6.45) is -0.473. The van der Waals surface area contributed by atoms with Crippen LogP contribution in [0.4, 0.5) is 0 Å². The summed E-state index contributed by atoms with van der Waals surface area (Å²) in [5.41, 5.74) is 0.619. The Morgan fingerprint density at radius 1 is 1.25 bits per heavy atom. The van der Waals surface area contributed by atoms with Gasteiger partial charge in [0, 0.05) is 6.42 Å². The van der Waals surface area contributed by atoms with Gasteiger partial charge in [0.15, 0.2) is 12.6 Å². The minimum Gasteiger partial charge on any atom is -0.383 e. The third kappa shape index (κ3) is 1.07. The quantitative estimate of drug-likeness (QED) is 0.383. The molecule has 4 heteroatoms. The van der Waals surface area contributed by atoms with E-state index >= 15 is 0 Å². The molecule has 2 aliphatic rings. The first-order valence-electron chi connectivity index (χ1n) is 4.36. The Labute approximate surface area is 70.8 Å². The maximum atomic E-state index is 9.52. The van der Waals surface area contributed by atoms with Gasteiger partial charge in [-0.1, -0.05) is 0 Å². The van der Waals surface area contributed by atoms with Crippen LogP contribution in [-0.2, 0) is 0 Å². The fourth-order valence-electron chi connectivity index (χ4n) is 2.07. The average molecular weight is 172 g/mol. The molecule has 0 aromatic rings. The highest BCUT2D eigenvalue weighted by Crippen LogP contribution is 2.17. The number of nitrogens with zero attached hydrogens (tertiary/aromatic N) is 1. The topological polar surface area (TPSA) is 63.7 Å². The molecule has 3 N–H and O–H groups in total. The van der Waals surface area contributed by atoms with E-state index in [2.05, 4.69) is 0 Å². The Kier molecular flexibility index (Phi) is 1.90. The predicted octanol–water partition coefficient (Wildman–Crippen LogP) is -1.67. The highest BCUT2D eigenvalue weighted by molar-refractivity contribution is 5.89. The normalized spacial score (nSPS) is 41.8. The number of aliphatic hydroxyl groups is 3. The van der Waals surface area contributed by atoms with Gasteiger partial charge in [0.05, 0.1) is 0 Å². The summed E-state index contributed by atoms with van der Waals surface area (Å²) in [7, 11) is 0. The van der Waals surface area contributed by atoms with Crippen molar-refractivity contribution >= 4 is 5.71 Å². The summed E-state index contributed by atoms with van der Waals surface area (Å²) in [6.45, 7) is 1.31. The van der Waals surface area contributed by atoms with Crippen molar-refractivity contribution in [2.24, 2.45) is 0 Å². The summed E-state index contributed by atoms with van der Waals surface area (Å²) < 4.78 is 1.89. The monoisotopic (exact) mass is 172 g/mol. The minimum atomic E-state index is -0.847. The Balaban J connectivity index is 2.27. The Morgan fingerprint density at radius 3 is 2.67 bits per heavy atom. The first-order chi connectivity index (χ1) is 5.70. The fraction of sp³-hybridized carbons (Fsp3) is 0.875. The average Bonchev–Trinajstić information content (AvgIpc) is 2.29. The summed E-state index contributed by atoms with van der Waals surface area (Å²) in [4.78, 5) is 0. The molecule has 0 radical (unpaired) electrons. The van der Waals surface area contributed by atoms with E-state index in [-0.39, 0.29) is 0 Å². The highest BCUT2D eigenvalue weighted by atomic mass is 16.3. The lowest BCUT2D eigenvalue weighted by Gasteiger charge is -2.15. The lowest BCUT2D eigenvalue weighted by molar-refractivity contribution is -0.533. The van der Waals surface area contributed by atoms with E-state index in [1.165, 1.54) is 0 Å². The number of rotatable bonds is 0. The molecule has 68 valence electrons. The molecule has 0 fully saturated rings. The van der Waals surface area contributed by atoms with Crippen molar-refractivity contribution in [3.05, 3.63) is 0 Å². The third-order valence-corrected chi connectivity index (χ3v) is 2.69. The van der Waals surface area contributed by atoms with E-state index in [4.69, 9.17) is 0 Å². The molecule has 0 saturated carbocycles. The number of hydrogen-bond acceptors (Lipinski definition) is 3.